The highest BCUT2D eigenvalue weighted by Gasteiger charge is 1.57. The predicted molar refractivity (Wildman–Crippen MR) is 39.9 cm³/mol. The third kappa shape index (κ3) is 42.6. The highest BCUT2D eigenvalue weighted by Crippen LogP contribution is 1.75. The summed E-state index contributed by atoms with van der Waals surface area (Å²) in [5, 5.41) is 0. The van der Waals surface area contributed by atoms with E-state index in [4.69, 9.17) is 0 Å². The van der Waals surface area contributed by atoms with Crippen molar-refractivity contribution in [2.45, 2.75) is 25.7 Å². The molecule has 0 bridgehead atoms. The molecule has 0 heterocycles. The molecule has 0 aliphatic heterocycles. The number of unbranched alkanes of at least 4 members (excludes halogenated alkanes) is 2. The zero-order valence-corrected chi connectivity index (χ0v) is 5.66. The Labute approximate surface area is 54.3 Å². The van der Waals surface area contributed by atoms with Crippen molar-refractivity contribution in [3.8, 4) is 0 Å². The van der Waals surface area contributed by atoms with E-state index in [9.17, 15) is 0 Å². The van der Waals surface area contributed by atoms with Crippen LogP contribution in [0.3, 0.4) is 0 Å². The Morgan fingerprint density at radius 2 is 1.00 bits per heavy atom. The molecule has 0 aromatic carbocycles. The summed E-state index contributed by atoms with van der Waals surface area (Å²) < 4.78 is 0. The third-order valence-corrected chi connectivity index (χ3v) is 0.500. The van der Waals surface area contributed by atoms with Crippen molar-refractivity contribution in [2.24, 2.45) is 0 Å². The fourth-order valence-electron chi connectivity index (χ4n) is 0. The minimum atomic E-state index is 0.958. The molecule has 0 N–H and O–H groups in total. The van der Waals surface area contributed by atoms with Gasteiger partial charge in [0.05, 0.1) is 26.7 Å². The van der Waals surface area contributed by atoms with E-state index in [1.54, 1.807) is 0 Å². The van der Waals surface area contributed by atoms with Crippen LogP contribution < -0.4 is 0 Å². The van der Waals surface area contributed by atoms with E-state index in [0.717, 1.165) is 25.7 Å². The summed E-state index contributed by atoms with van der Waals surface area (Å²) in [4.78, 5) is 0. The summed E-state index contributed by atoms with van der Waals surface area (Å²) in [5.74, 6) is 0. The van der Waals surface area contributed by atoms with Crippen molar-refractivity contribution < 1.29 is 0 Å². The molecule has 8 heavy (non-hydrogen) atoms. The molecule has 0 fully saturated rings. The summed E-state index contributed by atoms with van der Waals surface area (Å²) in [7, 11) is 0. The molecular formula is C8H16. The fourth-order valence-corrected chi connectivity index (χ4v) is 0. The highest BCUT2D eigenvalue weighted by molar-refractivity contribution is 4.39. The zero-order chi connectivity index (χ0) is 6.83. The molecule has 0 unspecified atom stereocenters. The van der Waals surface area contributed by atoms with Gasteiger partial charge in [-0.2, -0.15) is 0 Å². The topological polar surface area (TPSA) is 0 Å². The van der Waals surface area contributed by atoms with E-state index in [0.29, 0.717) is 0 Å². The first-order valence-electron chi connectivity index (χ1n) is 3.00. The Balaban J connectivity index is 0. The van der Waals surface area contributed by atoms with Gasteiger partial charge in [0, 0.05) is 0 Å². The maximum atomic E-state index is 3.54. The molecule has 0 aliphatic carbocycles. The molecule has 0 radical (unpaired) electrons. The van der Waals surface area contributed by atoms with Gasteiger partial charge in [0.2, 0.25) is 0 Å². The number of hydrogen-bond acceptors (Lipinski definition) is 0. The maximum Gasteiger partial charge on any atom is 0.0587 e. The molecule has 0 spiro atoms. The molecule has 0 nitrogen and oxygen atoms in total. The Morgan fingerprint density at radius 1 is 0.875 bits per heavy atom. The average Bonchev–Trinajstić information content (AvgIpc) is 1.88. The summed E-state index contributed by atoms with van der Waals surface area (Å²) in [5.41, 5.74) is 0. The second-order valence-electron chi connectivity index (χ2n) is 1.41. The molecule has 0 heteroatoms. The summed E-state index contributed by atoms with van der Waals surface area (Å²) in [6.45, 7) is 14.2. The van der Waals surface area contributed by atoms with Gasteiger partial charge in [0.15, 0.2) is 0 Å². The smallest absolute Gasteiger partial charge is 0.0587 e. The molecule has 0 atom stereocenters. The molecule has 0 aromatic heterocycles. The van der Waals surface area contributed by atoms with E-state index in [2.05, 4.69) is 27.7 Å². The van der Waals surface area contributed by atoms with Crippen LogP contribution in [-0.4, -0.2) is 0 Å². The van der Waals surface area contributed by atoms with Gasteiger partial charge in [-0.1, -0.05) is 0 Å². The lowest BCUT2D eigenvalue weighted by Gasteiger charge is -1.71. The Morgan fingerprint density at radius 3 is 1.00 bits per heavy atom. The lowest BCUT2D eigenvalue weighted by atomic mass is 10.4. The third-order valence-electron chi connectivity index (χ3n) is 0.500. The molecular weight excluding hydrogens is 96.1 g/mol. The summed E-state index contributed by atoms with van der Waals surface area (Å²) in [6, 6.07) is 0. The highest BCUT2D eigenvalue weighted by atomic mass is 13.6. The second-order valence-corrected chi connectivity index (χ2v) is 1.41. The Kier molecular flexibility index (Phi) is 21.2. The normalized spacial score (nSPS) is 7.25. The molecule has 48 valence electrons. The van der Waals surface area contributed by atoms with E-state index in [1.165, 1.54) is 0 Å². The zero-order valence-electron chi connectivity index (χ0n) is 5.66. The first-order valence-corrected chi connectivity index (χ1v) is 3.00. The molecule has 0 amide bonds. The van der Waals surface area contributed by atoms with Gasteiger partial charge in [-0.25, -0.2) is 0 Å². The monoisotopic (exact) mass is 112 g/mol. The predicted octanol–water partition coefficient (Wildman–Crippen LogP) is 2.87. The van der Waals surface area contributed by atoms with Gasteiger partial charge >= 0.3 is 0 Å². The van der Waals surface area contributed by atoms with E-state index < -0.39 is 0 Å². The first kappa shape index (κ1) is 10.7. The lowest BCUT2D eigenvalue weighted by Crippen LogP contribution is -1.49. The van der Waals surface area contributed by atoms with Crippen LogP contribution in [0.2, 0.25) is 0 Å². The van der Waals surface area contributed by atoms with E-state index in [-0.39, 0.29) is 0 Å². The van der Waals surface area contributed by atoms with Crippen LogP contribution in [0.1, 0.15) is 25.7 Å². The Bertz CT molecular complexity index is 8.00. The minimum Gasteiger partial charge on any atom is -0.339 e. The van der Waals surface area contributed by atoms with Gasteiger partial charge in [0.1, 0.15) is 0 Å². The van der Waals surface area contributed by atoms with E-state index in [1.807, 2.05) is 0 Å². The van der Waals surface area contributed by atoms with Crippen LogP contribution in [0.4, 0.5) is 0 Å². The van der Waals surface area contributed by atoms with Gasteiger partial charge in [-0.3, -0.25) is 0 Å². The summed E-state index contributed by atoms with van der Waals surface area (Å²) in [6.07, 6.45) is 3.83. The standard InChI is InChI=1S/2C4H8/c2*1-3-4-2/h2*1-4H2. The van der Waals surface area contributed by atoms with Crippen LogP contribution >= 0.6 is 0 Å². The van der Waals surface area contributed by atoms with Gasteiger partial charge in [-0.15, -0.1) is 12.8 Å². The Hall–Kier alpha value is -0.260. The molecule has 0 aromatic rings. The van der Waals surface area contributed by atoms with Crippen molar-refractivity contribution in [3.05, 3.63) is 27.7 Å². The molecule has 0 aliphatic rings. The largest absolute Gasteiger partial charge is 0.339 e. The molecule has 0 saturated carbocycles. The van der Waals surface area contributed by atoms with Crippen molar-refractivity contribution in [2.75, 3.05) is 0 Å². The lowest BCUT2D eigenvalue weighted by molar-refractivity contribution is 1.05. The van der Waals surface area contributed by atoms with Crippen molar-refractivity contribution in [1.29, 1.82) is 0 Å². The van der Waals surface area contributed by atoms with Crippen LogP contribution in [0.15, 0.2) is 0 Å². The first-order chi connectivity index (χ1) is 3.83. The van der Waals surface area contributed by atoms with Crippen molar-refractivity contribution >= 4 is 0 Å². The van der Waals surface area contributed by atoms with Crippen LogP contribution in [0, 0.1) is 27.7 Å². The van der Waals surface area contributed by atoms with Crippen molar-refractivity contribution in [1.82, 2.24) is 0 Å². The van der Waals surface area contributed by atoms with Gasteiger partial charge < -0.3 is 13.8 Å². The molecule has 0 rings (SSSR count). The average molecular weight is 112 g/mol. The van der Waals surface area contributed by atoms with E-state index >= 15 is 0 Å². The van der Waals surface area contributed by atoms with Gasteiger partial charge in [0.25, 0.3) is 0 Å². The SMILES string of the molecule is [CH2+]CC[CH2-].[CH2+]CC[CH2-]. The minimum absolute atomic E-state index is 0.958. The van der Waals surface area contributed by atoms with Crippen molar-refractivity contribution in [3.63, 3.8) is 0 Å². The summed E-state index contributed by atoms with van der Waals surface area (Å²) >= 11 is 0. The molecule has 0 saturated heterocycles. The van der Waals surface area contributed by atoms with Gasteiger partial charge in [-0.05, 0) is 0 Å². The number of hydrogen-bond donors (Lipinski definition) is 0. The maximum absolute atomic E-state index is 3.54. The van der Waals surface area contributed by atoms with Crippen LogP contribution in [-0.2, 0) is 0 Å². The van der Waals surface area contributed by atoms with Crippen LogP contribution in [0.5, 0.6) is 0 Å². The van der Waals surface area contributed by atoms with Crippen LogP contribution in [0.25, 0.3) is 0 Å². The fraction of sp³-hybridized carbons (Fsp3) is 0.500. The quantitative estimate of drug-likeness (QED) is 0.482. The second kappa shape index (κ2) is 15.9. The number of rotatable bonds is 2.